The highest BCUT2D eigenvalue weighted by Crippen LogP contribution is 2.32. The van der Waals surface area contributed by atoms with E-state index in [0.717, 1.165) is 24.3 Å². The third-order valence-electron chi connectivity index (χ3n) is 4.53. The first kappa shape index (κ1) is 17.5. The summed E-state index contributed by atoms with van der Waals surface area (Å²) in [5, 5.41) is 0. The lowest BCUT2D eigenvalue weighted by Crippen LogP contribution is -2.20. The lowest BCUT2D eigenvalue weighted by molar-refractivity contribution is 0.600. The van der Waals surface area contributed by atoms with Crippen molar-refractivity contribution in [3.8, 4) is 0 Å². The van der Waals surface area contributed by atoms with Crippen LogP contribution in [0.5, 0.6) is 0 Å². The number of halogens is 1. The predicted molar refractivity (Wildman–Crippen MR) is 102 cm³/mol. The molecule has 6 nitrogen and oxygen atoms in total. The number of hydrogen-bond acceptors (Lipinski definition) is 4. The highest BCUT2D eigenvalue weighted by atomic mass is 32.2. The molecule has 0 unspecified atom stereocenters. The molecule has 1 aromatic heterocycles. The van der Waals surface area contributed by atoms with Gasteiger partial charge in [0.1, 0.15) is 5.82 Å². The Bertz CT molecular complexity index is 1030. The van der Waals surface area contributed by atoms with Crippen molar-refractivity contribution < 1.29 is 12.8 Å². The number of sulfonamides is 1. The van der Waals surface area contributed by atoms with E-state index < -0.39 is 10.0 Å². The Kier molecular flexibility index (Phi) is 4.57. The first-order valence-corrected chi connectivity index (χ1v) is 10.2. The summed E-state index contributed by atoms with van der Waals surface area (Å²) in [5.41, 5.74) is 4.19. The Morgan fingerprint density at radius 1 is 1.19 bits per heavy atom. The number of hydrogen-bond donors (Lipinski definition) is 2. The van der Waals surface area contributed by atoms with Crippen LogP contribution < -0.4 is 9.62 Å². The number of rotatable bonds is 6. The Labute approximate surface area is 157 Å². The van der Waals surface area contributed by atoms with Crippen LogP contribution in [0.4, 0.5) is 15.8 Å². The SMILES string of the molecule is O=S(=O)(Cc1ccc(F)cc1)Nc1ccc2c(c1)N(Cc1c[nH]cn1)CC2. The summed E-state index contributed by atoms with van der Waals surface area (Å²) in [7, 11) is -3.59. The second-order valence-corrected chi connectivity index (χ2v) is 8.29. The summed E-state index contributed by atoms with van der Waals surface area (Å²) in [6.07, 6.45) is 4.42. The quantitative estimate of drug-likeness (QED) is 0.683. The van der Waals surface area contributed by atoms with Crippen LogP contribution >= 0.6 is 0 Å². The van der Waals surface area contributed by atoms with Crippen molar-refractivity contribution in [1.82, 2.24) is 9.97 Å². The summed E-state index contributed by atoms with van der Waals surface area (Å²) in [6.45, 7) is 1.54. The fourth-order valence-corrected chi connectivity index (χ4v) is 4.45. The molecule has 0 amide bonds. The molecular weight excluding hydrogens is 367 g/mol. The van der Waals surface area contributed by atoms with Crippen LogP contribution in [-0.4, -0.2) is 24.9 Å². The average Bonchev–Trinajstić information content (AvgIpc) is 3.27. The van der Waals surface area contributed by atoms with Gasteiger partial charge >= 0.3 is 0 Å². The maximum Gasteiger partial charge on any atom is 0.236 e. The lowest BCUT2D eigenvalue weighted by Gasteiger charge is -2.19. The van der Waals surface area contributed by atoms with Crippen molar-refractivity contribution in [2.75, 3.05) is 16.2 Å². The normalized spacial score (nSPS) is 13.6. The van der Waals surface area contributed by atoms with E-state index in [4.69, 9.17) is 0 Å². The number of anilines is 2. The lowest BCUT2D eigenvalue weighted by atomic mass is 10.1. The van der Waals surface area contributed by atoms with Crippen LogP contribution in [0.25, 0.3) is 0 Å². The smallest absolute Gasteiger partial charge is 0.236 e. The van der Waals surface area contributed by atoms with Gasteiger partial charge in [0.05, 0.1) is 30.0 Å². The van der Waals surface area contributed by atoms with E-state index in [1.807, 2.05) is 18.3 Å². The number of fused-ring (bicyclic) bond motifs is 1. The van der Waals surface area contributed by atoms with Gasteiger partial charge in [0.25, 0.3) is 0 Å². The van der Waals surface area contributed by atoms with Crippen molar-refractivity contribution in [3.05, 3.63) is 77.6 Å². The van der Waals surface area contributed by atoms with Gasteiger partial charge in [0.2, 0.25) is 10.0 Å². The van der Waals surface area contributed by atoms with Gasteiger partial charge in [0, 0.05) is 18.4 Å². The average molecular weight is 386 g/mol. The summed E-state index contributed by atoms with van der Waals surface area (Å²) in [6, 6.07) is 11.1. The topological polar surface area (TPSA) is 78.1 Å². The molecule has 8 heteroatoms. The van der Waals surface area contributed by atoms with Crippen molar-refractivity contribution in [2.24, 2.45) is 0 Å². The molecule has 2 heterocycles. The van der Waals surface area contributed by atoms with Crippen LogP contribution in [0.3, 0.4) is 0 Å². The standard InChI is InChI=1S/C19H19FN4O2S/c20-16-4-1-14(2-5-16)12-27(25,26)23-17-6-3-15-7-8-24(19(15)9-17)11-18-10-21-13-22-18/h1-6,9-10,13,23H,7-8,11-12H2,(H,21,22). The number of aromatic nitrogens is 2. The Balaban J connectivity index is 1.50. The molecule has 0 atom stereocenters. The maximum absolute atomic E-state index is 13.0. The zero-order chi connectivity index (χ0) is 18.9. The molecule has 0 saturated heterocycles. The molecule has 3 aromatic rings. The molecule has 1 aliphatic rings. The van der Waals surface area contributed by atoms with Crippen molar-refractivity contribution in [2.45, 2.75) is 18.7 Å². The molecule has 2 N–H and O–H groups in total. The number of benzene rings is 2. The van der Waals surface area contributed by atoms with E-state index in [2.05, 4.69) is 19.6 Å². The first-order chi connectivity index (χ1) is 13.0. The van der Waals surface area contributed by atoms with Gasteiger partial charge in [-0.05, 0) is 41.8 Å². The second kappa shape index (κ2) is 7.03. The first-order valence-electron chi connectivity index (χ1n) is 8.59. The Hall–Kier alpha value is -2.87. The highest BCUT2D eigenvalue weighted by Gasteiger charge is 2.21. The molecule has 0 radical (unpaired) electrons. The minimum Gasteiger partial charge on any atom is -0.365 e. The van der Waals surface area contributed by atoms with Gasteiger partial charge in [-0.15, -0.1) is 0 Å². The number of H-pyrrole nitrogens is 1. The molecule has 4 rings (SSSR count). The van der Waals surface area contributed by atoms with Gasteiger partial charge < -0.3 is 9.88 Å². The van der Waals surface area contributed by atoms with Crippen LogP contribution in [0.1, 0.15) is 16.8 Å². The largest absolute Gasteiger partial charge is 0.365 e. The Morgan fingerprint density at radius 3 is 2.74 bits per heavy atom. The minimum absolute atomic E-state index is 0.207. The van der Waals surface area contributed by atoms with Crippen LogP contribution in [0.2, 0.25) is 0 Å². The number of nitrogens with zero attached hydrogens (tertiary/aromatic N) is 2. The third kappa shape index (κ3) is 4.11. The highest BCUT2D eigenvalue weighted by molar-refractivity contribution is 7.91. The van der Waals surface area contributed by atoms with Crippen LogP contribution in [0.15, 0.2) is 55.0 Å². The van der Waals surface area contributed by atoms with Gasteiger partial charge in [-0.1, -0.05) is 18.2 Å². The molecule has 140 valence electrons. The second-order valence-electron chi connectivity index (χ2n) is 6.56. The van der Waals surface area contributed by atoms with E-state index in [9.17, 15) is 12.8 Å². The Morgan fingerprint density at radius 2 is 2.00 bits per heavy atom. The van der Waals surface area contributed by atoms with Gasteiger partial charge in [-0.25, -0.2) is 17.8 Å². The van der Waals surface area contributed by atoms with Crippen molar-refractivity contribution in [1.29, 1.82) is 0 Å². The molecule has 0 fully saturated rings. The van der Waals surface area contributed by atoms with E-state index in [1.165, 1.54) is 29.8 Å². The molecule has 2 aromatic carbocycles. The van der Waals surface area contributed by atoms with E-state index in [-0.39, 0.29) is 11.6 Å². The van der Waals surface area contributed by atoms with Crippen LogP contribution in [0, 0.1) is 5.82 Å². The van der Waals surface area contributed by atoms with Gasteiger partial charge in [-0.3, -0.25) is 4.72 Å². The summed E-state index contributed by atoms with van der Waals surface area (Å²) in [5.74, 6) is -0.596. The van der Waals surface area contributed by atoms with E-state index in [0.29, 0.717) is 17.8 Å². The van der Waals surface area contributed by atoms with Gasteiger partial charge in [0.15, 0.2) is 0 Å². The van der Waals surface area contributed by atoms with E-state index in [1.54, 1.807) is 12.4 Å². The number of aromatic amines is 1. The number of nitrogens with one attached hydrogen (secondary N) is 2. The molecule has 27 heavy (non-hydrogen) atoms. The third-order valence-corrected chi connectivity index (χ3v) is 5.79. The fourth-order valence-electron chi connectivity index (χ4n) is 3.26. The predicted octanol–water partition coefficient (Wildman–Crippen LogP) is 3.05. The number of imidazole rings is 1. The fraction of sp³-hybridized carbons (Fsp3) is 0.211. The summed E-state index contributed by atoms with van der Waals surface area (Å²) < 4.78 is 40.5. The van der Waals surface area contributed by atoms with Gasteiger partial charge in [-0.2, -0.15) is 0 Å². The zero-order valence-corrected chi connectivity index (χ0v) is 15.3. The molecular formula is C19H19FN4O2S. The van der Waals surface area contributed by atoms with Crippen molar-refractivity contribution in [3.63, 3.8) is 0 Å². The molecule has 0 aliphatic carbocycles. The minimum atomic E-state index is -3.59. The maximum atomic E-state index is 13.0. The molecule has 0 saturated carbocycles. The molecule has 1 aliphatic heterocycles. The zero-order valence-electron chi connectivity index (χ0n) is 14.5. The van der Waals surface area contributed by atoms with E-state index >= 15 is 0 Å². The summed E-state index contributed by atoms with van der Waals surface area (Å²) in [4.78, 5) is 9.38. The van der Waals surface area contributed by atoms with Crippen molar-refractivity contribution >= 4 is 21.4 Å². The van der Waals surface area contributed by atoms with Crippen LogP contribution in [-0.2, 0) is 28.7 Å². The monoisotopic (exact) mass is 386 g/mol. The molecule has 0 bridgehead atoms. The summed E-state index contributed by atoms with van der Waals surface area (Å²) >= 11 is 0. The molecule has 0 spiro atoms.